The number of carbonyl (C=O) groups is 3. The normalized spacial score (nSPS) is 13.0. The van der Waals surface area contributed by atoms with Crippen LogP contribution in [0, 0.1) is 12.8 Å². The highest BCUT2D eigenvalue weighted by Gasteiger charge is 2.30. The SMILES string of the molecule is Cc1ccc(NC(=O)[C@@H](NC(=O)OCC2c3ccccc3-c3ccccc32)C(C)C)c(C(=O)O)c1. The molecule has 0 aromatic heterocycles. The monoisotopic (exact) mass is 472 g/mol. The number of rotatable bonds is 7. The third-order valence-corrected chi connectivity index (χ3v) is 6.23. The number of hydrogen-bond donors (Lipinski definition) is 3. The highest BCUT2D eigenvalue weighted by molar-refractivity contribution is 6.03. The van der Waals surface area contributed by atoms with Crippen LogP contribution < -0.4 is 10.6 Å². The van der Waals surface area contributed by atoms with Crippen LogP contribution in [0.2, 0.25) is 0 Å². The van der Waals surface area contributed by atoms with Crippen molar-refractivity contribution in [1.82, 2.24) is 5.32 Å². The first-order valence-corrected chi connectivity index (χ1v) is 11.5. The Labute approximate surface area is 204 Å². The van der Waals surface area contributed by atoms with Crippen molar-refractivity contribution in [1.29, 1.82) is 0 Å². The number of aryl methyl sites for hydroxylation is 1. The zero-order valence-corrected chi connectivity index (χ0v) is 19.9. The van der Waals surface area contributed by atoms with Crippen molar-refractivity contribution >= 4 is 23.7 Å². The molecular weight excluding hydrogens is 444 g/mol. The fraction of sp³-hybridized carbons (Fsp3) is 0.250. The quantitative estimate of drug-likeness (QED) is 0.439. The van der Waals surface area contributed by atoms with E-state index in [1.807, 2.05) is 36.4 Å². The lowest BCUT2D eigenvalue weighted by molar-refractivity contribution is -0.119. The third-order valence-electron chi connectivity index (χ3n) is 6.23. The summed E-state index contributed by atoms with van der Waals surface area (Å²) in [5, 5.41) is 14.8. The van der Waals surface area contributed by atoms with Gasteiger partial charge >= 0.3 is 12.1 Å². The molecule has 1 aliphatic rings. The zero-order chi connectivity index (χ0) is 25.1. The van der Waals surface area contributed by atoms with Gasteiger partial charge in [-0.2, -0.15) is 0 Å². The number of carboxylic acid groups (broad SMARTS) is 1. The van der Waals surface area contributed by atoms with Crippen LogP contribution in [-0.2, 0) is 9.53 Å². The van der Waals surface area contributed by atoms with Crippen LogP contribution in [0.4, 0.5) is 10.5 Å². The summed E-state index contributed by atoms with van der Waals surface area (Å²) in [4.78, 5) is 37.3. The smallest absolute Gasteiger partial charge is 0.407 e. The Morgan fingerprint density at radius 2 is 1.54 bits per heavy atom. The van der Waals surface area contributed by atoms with Crippen molar-refractivity contribution in [3.05, 3.63) is 89.0 Å². The van der Waals surface area contributed by atoms with E-state index in [0.717, 1.165) is 27.8 Å². The number of benzene rings is 3. The molecule has 180 valence electrons. The predicted molar refractivity (Wildman–Crippen MR) is 134 cm³/mol. The second-order valence-electron chi connectivity index (χ2n) is 9.04. The topological polar surface area (TPSA) is 105 Å². The summed E-state index contributed by atoms with van der Waals surface area (Å²) in [7, 11) is 0. The first kappa shape index (κ1) is 24.0. The molecule has 0 radical (unpaired) electrons. The molecule has 2 amide bonds. The van der Waals surface area contributed by atoms with Gasteiger partial charge in [-0.05, 0) is 47.2 Å². The fourth-order valence-corrected chi connectivity index (χ4v) is 4.46. The van der Waals surface area contributed by atoms with E-state index >= 15 is 0 Å². The molecule has 0 saturated carbocycles. The first-order chi connectivity index (χ1) is 16.8. The van der Waals surface area contributed by atoms with Crippen LogP contribution >= 0.6 is 0 Å². The minimum Gasteiger partial charge on any atom is -0.478 e. The molecule has 0 saturated heterocycles. The van der Waals surface area contributed by atoms with Crippen LogP contribution in [0.5, 0.6) is 0 Å². The number of hydrogen-bond acceptors (Lipinski definition) is 4. The van der Waals surface area contributed by atoms with Crippen LogP contribution in [0.25, 0.3) is 11.1 Å². The van der Waals surface area contributed by atoms with E-state index in [1.54, 1.807) is 32.9 Å². The standard InChI is InChI=1S/C28H28N2O5/c1-16(2)25(26(31)29-24-13-12-17(3)14-22(24)27(32)33)30-28(34)35-15-23-20-10-6-4-8-18(20)19-9-5-7-11-21(19)23/h4-14,16,23,25H,15H2,1-3H3,(H,29,31)(H,30,34)(H,32,33)/t25-/m0/s1. The van der Waals surface area contributed by atoms with E-state index in [2.05, 4.69) is 22.8 Å². The van der Waals surface area contributed by atoms with Crippen LogP contribution in [0.1, 0.15) is 46.8 Å². The van der Waals surface area contributed by atoms with Gasteiger partial charge in [-0.1, -0.05) is 74.0 Å². The molecule has 4 rings (SSSR count). The molecular formula is C28H28N2O5. The zero-order valence-electron chi connectivity index (χ0n) is 19.9. The molecule has 0 unspecified atom stereocenters. The van der Waals surface area contributed by atoms with Gasteiger partial charge in [-0.3, -0.25) is 4.79 Å². The minimum atomic E-state index is -1.14. The van der Waals surface area contributed by atoms with Gasteiger partial charge in [0.2, 0.25) is 5.91 Å². The summed E-state index contributed by atoms with van der Waals surface area (Å²) in [5.41, 5.74) is 5.38. The molecule has 3 aromatic carbocycles. The molecule has 0 aliphatic heterocycles. The Hall–Kier alpha value is -4.13. The first-order valence-electron chi connectivity index (χ1n) is 11.5. The van der Waals surface area contributed by atoms with Gasteiger partial charge < -0.3 is 20.5 Å². The largest absolute Gasteiger partial charge is 0.478 e. The molecule has 35 heavy (non-hydrogen) atoms. The fourth-order valence-electron chi connectivity index (χ4n) is 4.46. The van der Waals surface area contributed by atoms with Gasteiger partial charge in [-0.25, -0.2) is 9.59 Å². The van der Waals surface area contributed by atoms with Gasteiger partial charge in [0, 0.05) is 5.92 Å². The average molecular weight is 473 g/mol. The number of carbonyl (C=O) groups excluding carboxylic acids is 2. The van der Waals surface area contributed by atoms with Crippen molar-refractivity contribution in [2.75, 3.05) is 11.9 Å². The summed E-state index contributed by atoms with van der Waals surface area (Å²) >= 11 is 0. The molecule has 0 bridgehead atoms. The van der Waals surface area contributed by atoms with E-state index in [4.69, 9.17) is 4.74 Å². The Morgan fingerprint density at radius 1 is 0.943 bits per heavy atom. The molecule has 3 aromatic rings. The van der Waals surface area contributed by atoms with Gasteiger partial charge in [0.25, 0.3) is 0 Å². The van der Waals surface area contributed by atoms with Crippen LogP contribution in [0.3, 0.4) is 0 Å². The van der Waals surface area contributed by atoms with E-state index < -0.39 is 24.0 Å². The maximum Gasteiger partial charge on any atom is 0.407 e. The van der Waals surface area contributed by atoms with Gasteiger partial charge in [0.05, 0.1) is 11.3 Å². The molecule has 7 heteroatoms. The van der Waals surface area contributed by atoms with Crippen molar-refractivity contribution in [2.24, 2.45) is 5.92 Å². The molecule has 7 nitrogen and oxygen atoms in total. The number of nitrogens with one attached hydrogen (secondary N) is 2. The van der Waals surface area contributed by atoms with Crippen molar-refractivity contribution in [3.8, 4) is 11.1 Å². The van der Waals surface area contributed by atoms with Crippen LogP contribution in [-0.4, -0.2) is 35.7 Å². The number of anilines is 1. The molecule has 1 atom stereocenters. The third kappa shape index (κ3) is 5.04. The predicted octanol–water partition coefficient (Wildman–Crippen LogP) is 5.20. The highest BCUT2D eigenvalue weighted by Crippen LogP contribution is 2.44. The van der Waals surface area contributed by atoms with Gasteiger partial charge in [0.15, 0.2) is 0 Å². The highest BCUT2D eigenvalue weighted by atomic mass is 16.5. The van der Waals surface area contributed by atoms with E-state index in [-0.39, 0.29) is 29.7 Å². The Morgan fingerprint density at radius 3 is 2.11 bits per heavy atom. The van der Waals surface area contributed by atoms with Gasteiger partial charge in [0.1, 0.15) is 12.6 Å². The molecule has 0 spiro atoms. The second-order valence-corrected chi connectivity index (χ2v) is 9.04. The number of fused-ring (bicyclic) bond motifs is 3. The van der Waals surface area contributed by atoms with E-state index in [9.17, 15) is 19.5 Å². The molecule has 3 N–H and O–H groups in total. The van der Waals surface area contributed by atoms with Crippen molar-refractivity contribution in [3.63, 3.8) is 0 Å². The molecule has 0 heterocycles. The Kier molecular flexibility index (Phi) is 6.87. The minimum absolute atomic E-state index is 0.0120. The Bertz CT molecular complexity index is 1240. The maximum absolute atomic E-state index is 13.0. The molecule has 1 aliphatic carbocycles. The lowest BCUT2D eigenvalue weighted by Crippen LogP contribution is -2.47. The van der Waals surface area contributed by atoms with Crippen molar-refractivity contribution < 1.29 is 24.2 Å². The summed E-state index contributed by atoms with van der Waals surface area (Å²) in [6, 6.07) is 19.9. The summed E-state index contributed by atoms with van der Waals surface area (Å²) in [5.74, 6) is -2.01. The molecule has 0 fully saturated rings. The summed E-state index contributed by atoms with van der Waals surface area (Å²) in [6.07, 6.45) is -0.705. The number of ether oxygens (including phenoxy) is 1. The van der Waals surface area contributed by atoms with E-state index in [0.29, 0.717) is 0 Å². The van der Waals surface area contributed by atoms with E-state index in [1.165, 1.54) is 6.07 Å². The van der Waals surface area contributed by atoms with Crippen LogP contribution in [0.15, 0.2) is 66.7 Å². The average Bonchev–Trinajstić information content (AvgIpc) is 3.15. The summed E-state index contributed by atoms with van der Waals surface area (Å²) < 4.78 is 5.57. The number of amides is 2. The lowest BCUT2D eigenvalue weighted by atomic mass is 9.98. The summed E-state index contributed by atoms with van der Waals surface area (Å²) in [6.45, 7) is 5.49. The number of aromatic carboxylic acids is 1. The Balaban J connectivity index is 1.44. The van der Waals surface area contributed by atoms with Gasteiger partial charge in [-0.15, -0.1) is 0 Å². The number of carboxylic acids is 1. The number of alkyl carbamates (subject to hydrolysis) is 1. The maximum atomic E-state index is 13.0. The van der Waals surface area contributed by atoms with Crippen molar-refractivity contribution in [2.45, 2.75) is 32.7 Å². The lowest BCUT2D eigenvalue weighted by Gasteiger charge is -2.22. The second kappa shape index (κ2) is 10.0.